The van der Waals surface area contributed by atoms with E-state index in [4.69, 9.17) is 4.74 Å². The molecule has 26 heavy (non-hydrogen) atoms. The monoisotopic (exact) mass is 392 g/mol. The summed E-state index contributed by atoms with van der Waals surface area (Å²) in [7, 11) is -3.16. The van der Waals surface area contributed by atoms with Gasteiger partial charge in [0.1, 0.15) is 11.6 Å². The fraction of sp³-hybridized carbons (Fsp3) is 0.154. The van der Waals surface area contributed by atoms with Crippen LogP contribution in [0.5, 0.6) is 5.75 Å². The molecule has 0 aliphatic carbocycles. The van der Waals surface area contributed by atoms with Crippen LogP contribution in [0.25, 0.3) is 0 Å². The van der Waals surface area contributed by atoms with Crippen LogP contribution < -0.4 is 15.0 Å². The Balaban J connectivity index is 2.23. The molecule has 2 aromatic rings. The molecule has 1 heterocycles. The average Bonchev–Trinajstić information content (AvgIpc) is 2.59. The van der Waals surface area contributed by atoms with Crippen molar-refractivity contribution in [1.82, 2.24) is 9.82 Å². The van der Waals surface area contributed by atoms with Crippen molar-refractivity contribution in [2.75, 3.05) is 12.5 Å². The summed E-state index contributed by atoms with van der Waals surface area (Å²) in [6.07, 6.45) is -4.08. The van der Waals surface area contributed by atoms with Crippen LogP contribution in [0.4, 0.5) is 24.7 Å². The number of nitrogens with zero attached hydrogens (tertiary/aromatic N) is 2. The second kappa shape index (κ2) is 7.13. The zero-order valence-corrected chi connectivity index (χ0v) is 13.8. The molecule has 2 N–H and O–H groups in total. The van der Waals surface area contributed by atoms with Gasteiger partial charge in [-0.05, 0) is 24.3 Å². The highest BCUT2D eigenvalue weighted by Gasteiger charge is 2.31. The minimum absolute atomic E-state index is 0.0769. The SMILES string of the molecule is COc1ccc(S(=O)(=O)NNc2ccc(C(F)(F)F)cn2)c([N+](=O)[O-])c1. The quantitative estimate of drug-likeness (QED) is 0.571. The number of halogens is 3. The van der Waals surface area contributed by atoms with Crippen molar-refractivity contribution < 1.29 is 31.2 Å². The number of alkyl halides is 3. The molecule has 0 aliphatic rings. The van der Waals surface area contributed by atoms with Crippen molar-refractivity contribution in [3.63, 3.8) is 0 Å². The van der Waals surface area contributed by atoms with Crippen molar-refractivity contribution in [2.45, 2.75) is 11.1 Å². The van der Waals surface area contributed by atoms with Gasteiger partial charge in [-0.3, -0.25) is 15.5 Å². The van der Waals surface area contributed by atoms with E-state index in [2.05, 4.69) is 10.4 Å². The molecule has 0 fully saturated rings. The Morgan fingerprint density at radius 2 is 1.92 bits per heavy atom. The first kappa shape index (κ1) is 19.4. The van der Waals surface area contributed by atoms with E-state index in [1.807, 2.05) is 4.83 Å². The van der Waals surface area contributed by atoms with Gasteiger partial charge in [-0.2, -0.15) is 13.2 Å². The predicted octanol–water partition coefficient (Wildman–Crippen LogP) is 2.32. The fourth-order valence-corrected chi connectivity index (χ4v) is 2.81. The van der Waals surface area contributed by atoms with Crippen LogP contribution in [0.2, 0.25) is 0 Å². The molecule has 0 saturated carbocycles. The normalized spacial score (nSPS) is 11.8. The second-order valence-corrected chi connectivity index (χ2v) is 6.40. The summed E-state index contributed by atoms with van der Waals surface area (Å²) >= 11 is 0. The van der Waals surface area contributed by atoms with Crippen LogP contribution in [0.1, 0.15) is 5.56 Å². The summed E-state index contributed by atoms with van der Waals surface area (Å²) in [6.45, 7) is 0. The molecule has 0 unspecified atom stereocenters. The van der Waals surface area contributed by atoms with E-state index < -0.39 is 37.3 Å². The molecule has 0 spiro atoms. The van der Waals surface area contributed by atoms with Gasteiger partial charge in [0.05, 0.1) is 23.7 Å². The van der Waals surface area contributed by atoms with Gasteiger partial charge in [0.25, 0.3) is 15.7 Å². The summed E-state index contributed by atoms with van der Waals surface area (Å²) in [6, 6.07) is 4.68. The van der Waals surface area contributed by atoms with Gasteiger partial charge in [-0.1, -0.05) is 0 Å². The topological polar surface area (TPSA) is 123 Å². The number of nitro groups is 1. The molecule has 0 atom stereocenters. The highest BCUT2D eigenvalue weighted by atomic mass is 32.2. The number of nitro benzene ring substituents is 1. The Morgan fingerprint density at radius 1 is 1.23 bits per heavy atom. The molecule has 1 aromatic carbocycles. The summed E-state index contributed by atoms with van der Waals surface area (Å²) in [4.78, 5) is 14.7. The van der Waals surface area contributed by atoms with Gasteiger partial charge in [0.2, 0.25) is 0 Å². The third kappa shape index (κ3) is 4.37. The molecular weight excluding hydrogens is 381 g/mol. The van der Waals surface area contributed by atoms with Crippen molar-refractivity contribution in [1.29, 1.82) is 0 Å². The van der Waals surface area contributed by atoms with Crippen molar-refractivity contribution in [2.24, 2.45) is 0 Å². The average molecular weight is 392 g/mol. The van der Waals surface area contributed by atoms with E-state index in [0.29, 0.717) is 12.3 Å². The van der Waals surface area contributed by atoms with E-state index in [9.17, 15) is 31.7 Å². The number of ether oxygens (including phenoxy) is 1. The number of sulfonamides is 1. The maximum atomic E-state index is 12.5. The predicted molar refractivity (Wildman–Crippen MR) is 82.8 cm³/mol. The molecular formula is C13H11F3N4O5S. The zero-order valence-electron chi connectivity index (χ0n) is 12.9. The number of nitrogens with one attached hydrogen (secondary N) is 2. The molecule has 0 aliphatic heterocycles. The fourth-order valence-electron chi connectivity index (χ4n) is 1.80. The lowest BCUT2D eigenvalue weighted by molar-refractivity contribution is -0.387. The third-order valence-corrected chi connectivity index (χ3v) is 4.35. The van der Waals surface area contributed by atoms with Gasteiger partial charge in [0, 0.05) is 6.20 Å². The number of hydrogen-bond donors (Lipinski definition) is 2. The second-order valence-electron chi connectivity index (χ2n) is 4.75. The highest BCUT2D eigenvalue weighted by molar-refractivity contribution is 7.89. The zero-order chi connectivity index (χ0) is 19.5. The van der Waals surface area contributed by atoms with Crippen LogP contribution in [0.3, 0.4) is 0 Å². The Morgan fingerprint density at radius 3 is 2.42 bits per heavy atom. The van der Waals surface area contributed by atoms with Gasteiger partial charge in [-0.25, -0.2) is 13.4 Å². The van der Waals surface area contributed by atoms with E-state index in [-0.39, 0.29) is 11.6 Å². The lowest BCUT2D eigenvalue weighted by Crippen LogP contribution is -2.30. The maximum Gasteiger partial charge on any atom is 0.417 e. The van der Waals surface area contributed by atoms with E-state index in [1.165, 1.54) is 13.2 Å². The number of hydrazine groups is 1. The Labute approximate surface area is 145 Å². The first-order chi connectivity index (χ1) is 12.0. The smallest absolute Gasteiger partial charge is 0.417 e. The minimum Gasteiger partial charge on any atom is -0.497 e. The number of hydrogen-bond acceptors (Lipinski definition) is 7. The number of anilines is 1. The Kier molecular flexibility index (Phi) is 5.32. The molecule has 0 bridgehead atoms. The standard InChI is InChI=1S/C13H11F3N4O5S/c1-25-9-3-4-11(10(6-9)20(21)22)26(23,24)19-18-12-5-2-8(7-17-12)13(14,15)16/h2-7,19H,1H3,(H,17,18). The van der Waals surface area contributed by atoms with Crippen LogP contribution in [-0.4, -0.2) is 25.4 Å². The summed E-state index contributed by atoms with van der Waals surface area (Å²) in [5, 5.41) is 11.1. The van der Waals surface area contributed by atoms with E-state index in [1.54, 1.807) is 0 Å². The minimum atomic E-state index is -4.59. The van der Waals surface area contributed by atoms with Crippen LogP contribution in [-0.2, 0) is 16.2 Å². The lowest BCUT2D eigenvalue weighted by atomic mass is 10.3. The van der Waals surface area contributed by atoms with Crippen molar-refractivity contribution in [3.05, 3.63) is 52.2 Å². The molecule has 9 nitrogen and oxygen atoms in total. The largest absolute Gasteiger partial charge is 0.497 e. The molecule has 2 rings (SSSR count). The van der Waals surface area contributed by atoms with Gasteiger partial charge in [-0.15, -0.1) is 4.83 Å². The Hall–Kier alpha value is -2.93. The van der Waals surface area contributed by atoms with Gasteiger partial charge in [0.15, 0.2) is 4.90 Å². The van der Waals surface area contributed by atoms with E-state index in [0.717, 1.165) is 18.2 Å². The Bertz CT molecular complexity index is 916. The molecule has 140 valence electrons. The number of aromatic nitrogens is 1. The first-order valence-corrected chi connectivity index (χ1v) is 8.16. The van der Waals surface area contributed by atoms with Gasteiger partial charge < -0.3 is 4.74 Å². The summed E-state index contributed by atoms with van der Waals surface area (Å²) in [5.41, 5.74) is 0.333. The molecule has 0 amide bonds. The number of benzene rings is 1. The third-order valence-electron chi connectivity index (χ3n) is 3.06. The molecule has 13 heteroatoms. The van der Waals surface area contributed by atoms with Crippen LogP contribution >= 0.6 is 0 Å². The van der Waals surface area contributed by atoms with Gasteiger partial charge >= 0.3 is 6.18 Å². The molecule has 1 aromatic heterocycles. The van der Waals surface area contributed by atoms with E-state index >= 15 is 0 Å². The highest BCUT2D eigenvalue weighted by Crippen LogP contribution is 2.29. The molecule has 0 saturated heterocycles. The first-order valence-electron chi connectivity index (χ1n) is 6.68. The summed E-state index contributed by atoms with van der Waals surface area (Å²) < 4.78 is 66.6. The summed E-state index contributed by atoms with van der Waals surface area (Å²) in [5.74, 6) is -0.161. The van der Waals surface area contributed by atoms with Crippen LogP contribution in [0, 0.1) is 10.1 Å². The number of pyridine rings is 1. The lowest BCUT2D eigenvalue weighted by Gasteiger charge is -2.11. The van der Waals surface area contributed by atoms with Crippen LogP contribution in [0.15, 0.2) is 41.4 Å². The maximum absolute atomic E-state index is 12.5. The van der Waals surface area contributed by atoms with Crippen molar-refractivity contribution in [3.8, 4) is 5.75 Å². The molecule has 0 radical (unpaired) electrons. The van der Waals surface area contributed by atoms with Crippen molar-refractivity contribution >= 4 is 21.5 Å². The number of rotatable bonds is 6. The number of methoxy groups -OCH3 is 1.